The van der Waals surface area contributed by atoms with Gasteiger partial charge < -0.3 is 10.2 Å². The molecule has 0 atom stereocenters. The molecule has 1 aromatic carbocycles. The van der Waals surface area contributed by atoms with Crippen LogP contribution < -0.4 is 5.73 Å². The smallest absolute Gasteiger partial charge is 0.248 e. The monoisotopic (exact) mass is 249 g/mol. The van der Waals surface area contributed by atoms with Gasteiger partial charge in [-0.15, -0.1) is 0 Å². The van der Waals surface area contributed by atoms with E-state index in [-0.39, 0.29) is 5.76 Å². The number of halogens is 1. The van der Waals surface area contributed by atoms with E-state index in [1.165, 1.54) is 18.2 Å². The van der Waals surface area contributed by atoms with E-state index in [0.29, 0.717) is 28.2 Å². The van der Waals surface area contributed by atoms with E-state index >= 15 is 0 Å². The molecule has 1 aromatic heterocycles. The van der Waals surface area contributed by atoms with Gasteiger partial charge in [-0.05, 0) is 30.3 Å². The molecule has 1 heterocycles. The summed E-state index contributed by atoms with van der Waals surface area (Å²) in [5.41, 5.74) is 6.02. The van der Waals surface area contributed by atoms with Crippen molar-refractivity contribution in [3.63, 3.8) is 0 Å². The fourth-order valence-electron chi connectivity index (χ4n) is 1.43. The number of benzene rings is 1. The second-order valence-corrected chi connectivity index (χ2v) is 3.79. The van der Waals surface area contributed by atoms with Gasteiger partial charge in [0.2, 0.25) is 5.91 Å². The minimum atomic E-state index is -0.551. The Morgan fingerprint density at radius 2 is 2.06 bits per heavy atom. The number of carbonyl (C=O) groups excluding carboxylic acids is 2. The molecule has 4 nitrogen and oxygen atoms in total. The lowest BCUT2D eigenvalue weighted by atomic mass is 10.1. The number of primary amides is 1. The second kappa shape index (κ2) is 4.43. The lowest BCUT2D eigenvalue weighted by Gasteiger charge is -2.02. The Bertz CT molecular complexity index is 589. The maximum atomic E-state index is 11.0. The van der Waals surface area contributed by atoms with Gasteiger partial charge in [-0.3, -0.25) is 9.59 Å². The molecule has 2 N–H and O–H groups in total. The van der Waals surface area contributed by atoms with Crippen molar-refractivity contribution in [1.29, 1.82) is 0 Å². The van der Waals surface area contributed by atoms with Crippen molar-refractivity contribution in [2.75, 3.05) is 0 Å². The summed E-state index contributed by atoms with van der Waals surface area (Å²) in [5.74, 6) is 0.0610. The summed E-state index contributed by atoms with van der Waals surface area (Å²) < 4.78 is 5.23. The average Bonchev–Trinajstić information content (AvgIpc) is 2.77. The van der Waals surface area contributed by atoms with Crippen molar-refractivity contribution >= 4 is 23.8 Å². The first-order chi connectivity index (χ1) is 8.11. The Hall–Kier alpha value is -2.07. The topological polar surface area (TPSA) is 73.3 Å². The molecule has 0 aliphatic heterocycles. The molecule has 17 heavy (non-hydrogen) atoms. The van der Waals surface area contributed by atoms with Crippen LogP contribution in [0.1, 0.15) is 20.9 Å². The van der Waals surface area contributed by atoms with Crippen LogP contribution in [0.2, 0.25) is 5.02 Å². The summed E-state index contributed by atoms with van der Waals surface area (Å²) >= 11 is 5.99. The third-order valence-electron chi connectivity index (χ3n) is 2.26. The maximum Gasteiger partial charge on any atom is 0.248 e. The van der Waals surface area contributed by atoms with Crippen LogP contribution >= 0.6 is 11.6 Å². The zero-order chi connectivity index (χ0) is 12.4. The molecule has 0 unspecified atom stereocenters. The van der Waals surface area contributed by atoms with Crippen molar-refractivity contribution in [3.8, 4) is 11.3 Å². The van der Waals surface area contributed by atoms with E-state index in [4.69, 9.17) is 21.8 Å². The number of carbonyl (C=O) groups is 2. The molecular weight excluding hydrogens is 242 g/mol. The average molecular weight is 250 g/mol. The summed E-state index contributed by atoms with van der Waals surface area (Å²) in [6, 6.07) is 7.74. The molecule has 5 heteroatoms. The highest BCUT2D eigenvalue weighted by Crippen LogP contribution is 2.30. The molecule has 0 saturated heterocycles. The Kier molecular flexibility index (Phi) is 2.97. The molecule has 0 bridgehead atoms. The summed E-state index contributed by atoms with van der Waals surface area (Å²) in [6.07, 6.45) is 0.593. The molecule has 0 aliphatic carbocycles. The lowest BCUT2D eigenvalue weighted by Crippen LogP contribution is -2.10. The van der Waals surface area contributed by atoms with Crippen LogP contribution in [0.3, 0.4) is 0 Å². The van der Waals surface area contributed by atoms with Crippen LogP contribution in [0.25, 0.3) is 11.3 Å². The molecule has 1 amide bonds. The van der Waals surface area contributed by atoms with Gasteiger partial charge in [0.25, 0.3) is 0 Å². The molecule has 2 aromatic rings. The largest absolute Gasteiger partial charge is 0.453 e. The van der Waals surface area contributed by atoms with Crippen molar-refractivity contribution in [1.82, 2.24) is 0 Å². The first-order valence-corrected chi connectivity index (χ1v) is 5.14. The standard InChI is InChI=1S/C12H8ClNO3/c13-10-3-1-7(12(14)16)5-9(10)11-4-2-8(6-15)17-11/h1-6H,(H2,14,16). The first kappa shape index (κ1) is 11.4. The normalized spacial score (nSPS) is 10.2. The van der Waals surface area contributed by atoms with Crippen molar-refractivity contribution in [2.45, 2.75) is 0 Å². The van der Waals surface area contributed by atoms with Crippen molar-refractivity contribution < 1.29 is 14.0 Å². The fraction of sp³-hybridized carbons (Fsp3) is 0. The van der Waals surface area contributed by atoms with Crippen LogP contribution in [0, 0.1) is 0 Å². The van der Waals surface area contributed by atoms with Gasteiger partial charge in [0.05, 0.1) is 5.02 Å². The van der Waals surface area contributed by atoms with Gasteiger partial charge in [-0.2, -0.15) is 0 Å². The van der Waals surface area contributed by atoms with Crippen LogP contribution in [-0.4, -0.2) is 12.2 Å². The molecule has 0 fully saturated rings. The van der Waals surface area contributed by atoms with E-state index in [1.807, 2.05) is 0 Å². The predicted octanol–water partition coefficient (Wildman–Crippen LogP) is 2.51. The van der Waals surface area contributed by atoms with Crippen LogP contribution in [-0.2, 0) is 0 Å². The lowest BCUT2D eigenvalue weighted by molar-refractivity contribution is 0.0999. The Labute approximate surface area is 102 Å². The summed E-state index contributed by atoms with van der Waals surface area (Å²) in [5, 5.41) is 0.418. The molecule has 0 aliphatic rings. The highest BCUT2D eigenvalue weighted by atomic mass is 35.5. The zero-order valence-electron chi connectivity index (χ0n) is 8.64. The number of amides is 1. The molecule has 0 saturated carbocycles. The van der Waals surface area contributed by atoms with Crippen molar-refractivity contribution in [2.24, 2.45) is 5.73 Å². The minimum Gasteiger partial charge on any atom is -0.453 e. The van der Waals surface area contributed by atoms with Crippen LogP contribution in [0.4, 0.5) is 0 Å². The van der Waals surface area contributed by atoms with Gasteiger partial charge in [0.15, 0.2) is 12.0 Å². The van der Waals surface area contributed by atoms with Gasteiger partial charge in [0, 0.05) is 11.1 Å². The van der Waals surface area contributed by atoms with E-state index < -0.39 is 5.91 Å². The number of aldehydes is 1. The summed E-state index contributed by atoms with van der Waals surface area (Å²) in [4.78, 5) is 21.6. The van der Waals surface area contributed by atoms with E-state index in [9.17, 15) is 9.59 Å². The SMILES string of the molecule is NC(=O)c1ccc(Cl)c(-c2ccc(C=O)o2)c1. The Balaban J connectivity index is 2.53. The van der Waals surface area contributed by atoms with Crippen LogP contribution in [0.15, 0.2) is 34.7 Å². The molecular formula is C12H8ClNO3. The minimum absolute atomic E-state index is 0.195. The highest BCUT2D eigenvalue weighted by molar-refractivity contribution is 6.33. The van der Waals surface area contributed by atoms with Gasteiger partial charge >= 0.3 is 0 Å². The highest BCUT2D eigenvalue weighted by Gasteiger charge is 2.11. The molecule has 2 rings (SSSR count). The number of hydrogen-bond donors (Lipinski definition) is 1. The first-order valence-electron chi connectivity index (χ1n) is 4.76. The number of hydrogen-bond acceptors (Lipinski definition) is 3. The van der Waals surface area contributed by atoms with Crippen LogP contribution in [0.5, 0.6) is 0 Å². The fourth-order valence-corrected chi connectivity index (χ4v) is 1.64. The molecule has 0 radical (unpaired) electrons. The zero-order valence-corrected chi connectivity index (χ0v) is 9.40. The molecule has 0 spiro atoms. The number of nitrogens with two attached hydrogens (primary N) is 1. The summed E-state index contributed by atoms with van der Waals surface area (Å²) in [6.45, 7) is 0. The third kappa shape index (κ3) is 2.21. The number of rotatable bonds is 3. The Morgan fingerprint density at radius 1 is 1.29 bits per heavy atom. The van der Waals surface area contributed by atoms with E-state index in [2.05, 4.69) is 0 Å². The molecule has 86 valence electrons. The second-order valence-electron chi connectivity index (χ2n) is 3.38. The van der Waals surface area contributed by atoms with Gasteiger partial charge in [0.1, 0.15) is 5.76 Å². The Morgan fingerprint density at radius 3 is 2.65 bits per heavy atom. The summed E-state index contributed by atoms with van der Waals surface area (Å²) in [7, 11) is 0. The van der Waals surface area contributed by atoms with Crippen molar-refractivity contribution in [3.05, 3.63) is 46.7 Å². The van der Waals surface area contributed by atoms with Gasteiger partial charge in [-0.1, -0.05) is 11.6 Å². The van der Waals surface area contributed by atoms with E-state index in [1.54, 1.807) is 12.1 Å². The van der Waals surface area contributed by atoms with Gasteiger partial charge in [-0.25, -0.2) is 0 Å². The quantitative estimate of drug-likeness (QED) is 0.850. The van der Waals surface area contributed by atoms with E-state index in [0.717, 1.165) is 0 Å². The third-order valence-corrected chi connectivity index (χ3v) is 2.59. The maximum absolute atomic E-state index is 11.0. The number of furan rings is 1. The predicted molar refractivity (Wildman–Crippen MR) is 63.1 cm³/mol.